The molecule has 2 aliphatic rings. The molecule has 3 amide bonds. The summed E-state index contributed by atoms with van der Waals surface area (Å²) in [7, 11) is 3.70. The summed E-state index contributed by atoms with van der Waals surface area (Å²) in [4.78, 5) is 56.7. The lowest BCUT2D eigenvalue weighted by atomic mass is 9.83. The summed E-state index contributed by atoms with van der Waals surface area (Å²) in [6, 6.07) is 17.4. The minimum absolute atomic E-state index is 0.00871. The number of para-hydroxylation sites is 1. The molecule has 232 valence electrons. The summed E-state index contributed by atoms with van der Waals surface area (Å²) in [5.41, 5.74) is 0.181. The van der Waals surface area contributed by atoms with Gasteiger partial charge in [0.25, 0.3) is 0 Å². The zero-order chi connectivity index (χ0) is 32.2. The van der Waals surface area contributed by atoms with E-state index < -0.39 is 63.7 Å². The molecule has 1 aromatic heterocycles. The highest BCUT2D eigenvalue weighted by atomic mass is 32.2. The fourth-order valence-electron chi connectivity index (χ4n) is 5.63. The molecule has 2 N–H and O–H groups in total. The Hall–Kier alpha value is -4.56. The lowest BCUT2D eigenvalue weighted by molar-refractivity contribution is -0.137. The van der Waals surface area contributed by atoms with E-state index in [0.29, 0.717) is 26.1 Å². The number of phenolic OH excluding ortho intramolecular Hbond substituents is 1. The predicted molar refractivity (Wildman–Crippen MR) is 165 cm³/mol. The number of aromatic nitrogens is 1. The third-order valence-electron chi connectivity index (χ3n) is 7.72. The number of alkyl halides is 3. The SMILES string of the molecule is CN(C)c1ccc([C@@H]2c3sc(=O)n(CC(=O)Nc4ccc(O)cc4)c3S[C@H]3C(=O)N(c4ccccc4C(F)(F)F)C(=O)[C@@H]23)cc1. The van der Waals surface area contributed by atoms with Crippen LogP contribution in [0.5, 0.6) is 5.75 Å². The lowest BCUT2D eigenvalue weighted by Crippen LogP contribution is -2.33. The van der Waals surface area contributed by atoms with E-state index in [-0.39, 0.29) is 5.75 Å². The van der Waals surface area contributed by atoms with Crippen LogP contribution in [-0.2, 0) is 27.1 Å². The van der Waals surface area contributed by atoms with Crippen LogP contribution in [0, 0.1) is 5.92 Å². The highest BCUT2D eigenvalue weighted by molar-refractivity contribution is 8.00. The first kappa shape index (κ1) is 30.5. The van der Waals surface area contributed by atoms with E-state index in [1.807, 2.05) is 31.1 Å². The number of carbonyl (C=O) groups is 3. The van der Waals surface area contributed by atoms with Crippen LogP contribution in [0.3, 0.4) is 0 Å². The van der Waals surface area contributed by atoms with Crippen LogP contribution in [-0.4, -0.2) is 46.7 Å². The largest absolute Gasteiger partial charge is 0.508 e. The average molecular weight is 655 g/mol. The number of fused-ring (bicyclic) bond motifs is 2. The number of thioether (sulfide) groups is 1. The molecule has 6 rings (SSSR count). The molecule has 0 saturated carbocycles. The minimum Gasteiger partial charge on any atom is -0.508 e. The lowest BCUT2D eigenvalue weighted by Gasteiger charge is -2.31. The van der Waals surface area contributed by atoms with Gasteiger partial charge in [-0.1, -0.05) is 47.4 Å². The van der Waals surface area contributed by atoms with Gasteiger partial charge in [0.05, 0.1) is 22.2 Å². The minimum atomic E-state index is -4.82. The van der Waals surface area contributed by atoms with Gasteiger partial charge in [-0.05, 0) is 54.1 Å². The number of imide groups is 1. The van der Waals surface area contributed by atoms with Crippen LogP contribution >= 0.6 is 23.1 Å². The Morgan fingerprint density at radius 3 is 2.27 bits per heavy atom. The number of hydrogen-bond acceptors (Lipinski definition) is 8. The quantitative estimate of drug-likeness (QED) is 0.219. The second-order valence-electron chi connectivity index (χ2n) is 10.8. The zero-order valence-electron chi connectivity index (χ0n) is 23.7. The average Bonchev–Trinajstić information content (AvgIpc) is 3.44. The Morgan fingerprint density at radius 1 is 0.956 bits per heavy atom. The van der Waals surface area contributed by atoms with Crippen molar-refractivity contribution in [3.8, 4) is 5.75 Å². The fraction of sp³-hybridized carbons (Fsp3) is 0.226. The first-order valence-corrected chi connectivity index (χ1v) is 15.3. The van der Waals surface area contributed by atoms with Crippen LogP contribution in [0.25, 0.3) is 0 Å². The predicted octanol–water partition coefficient (Wildman–Crippen LogP) is 5.13. The molecule has 9 nitrogen and oxygen atoms in total. The molecule has 0 radical (unpaired) electrons. The van der Waals surface area contributed by atoms with Crippen LogP contribution in [0.15, 0.2) is 82.6 Å². The Bertz CT molecular complexity index is 1870. The van der Waals surface area contributed by atoms with Gasteiger partial charge in [0.15, 0.2) is 0 Å². The third kappa shape index (κ3) is 5.48. The highest BCUT2D eigenvalue weighted by Gasteiger charge is 2.57. The third-order valence-corrected chi connectivity index (χ3v) is 10.3. The van der Waals surface area contributed by atoms with Crippen molar-refractivity contribution in [2.75, 3.05) is 29.2 Å². The maximum absolute atomic E-state index is 14.0. The maximum atomic E-state index is 14.0. The Morgan fingerprint density at radius 2 is 1.62 bits per heavy atom. The van der Waals surface area contributed by atoms with Crippen molar-refractivity contribution in [3.63, 3.8) is 0 Å². The van der Waals surface area contributed by atoms with Crippen LogP contribution in [0.4, 0.5) is 30.2 Å². The van der Waals surface area contributed by atoms with Crippen molar-refractivity contribution in [3.05, 3.63) is 98.5 Å². The van der Waals surface area contributed by atoms with Crippen molar-refractivity contribution in [2.24, 2.45) is 5.92 Å². The molecular weight excluding hydrogens is 629 g/mol. The van der Waals surface area contributed by atoms with Gasteiger partial charge in [-0.3, -0.25) is 23.7 Å². The molecule has 0 spiro atoms. The van der Waals surface area contributed by atoms with Crippen LogP contribution in [0.1, 0.15) is 21.9 Å². The second-order valence-corrected chi connectivity index (χ2v) is 12.9. The normalized spacial score (nSPS) is 19.3. The van der Waals surface area contributed by atoms with Crippen molar-refractivity contribution in [2.45, 2.75) is 28.9 Å². The molecule has 3 aromatic carbocycles. The fourth-order valence-corrected chi connectivity index (χ4v) is 8.40. The molecule has 2 aliphatic heterocycles. The number of nitrogens with zero attached hydrogens (tertiary/aromatic N) is 3. The Kier molecular flexibility index (Phi) is 7.73. The first-order chi connectivity index (χ1) is 21.3. The van der Waals surface area contributed by atoms with E-state index in [1.165, 1.54) is 41.0 Å². The van der Waals surface area contributed by atoms with E-state index in [9.17, 15) is 37.5 Å². The molecule has 0 bridgehead atoms. The monoisotopic (exact) mass is 654 g/mol. The number of hydrogen-bond donors (Lipinski definition) is 2. The number of amides is 3. The molecule has 45 heavy (non-hydrogen) atoms. The number of thiazole rings is 1. The molecule has 4 aromatic rings. The zero-order valence-corrected chi connectivity index (χ0v) is 25.4. The summed E-state index contributed by atoms with van der Waals surface area (Å²) < 4.78 is 43.2. The van der Waals surface area contributed by atoms with E-state index in [4.69, 9.17) is 0 Å². The second kappa shape index (κ2) is 11.4. The molecule has 14 heteroatoms. The van der Waals surface area contributed by atoms with Gasteiger partial charge in [0, 0.05) is 36.3 Å². The number of benzene rings is 3. The van der Waals surface area contributed by atoms with Gasteiger partial charge in [-0.2, -0.15) is 13.2 Å². The topological polar surface area (TPSA) is 112 Å². The van der Waals surface area contributed by atoms with Gasteiger partial charge >= 0.3 is 11.0 Å². The van der Waals surface area contributed by atoms with Gasteiger partial charge in [0.2, 0.25) is 17.7 Å². The highest BCUT2D eigenvalue weighted by Crippen LogP contribution is 2.54. The van der Waals surface area contributed by atoms with E-state index in [1.54, 1.807) is 12.1 Å². The number of carbonyl (C=O) groups excluding carboxylic acids is 3. The molecule has 1 saturated heterocycles. The molecular formula is C31H25F3N4O5S2. The van der Waals surface area contributed by atoms with E-state index in [0.717, 1.165) is 40.9 Å². The molecule has 0 aliphatic carbocycles. The summed E-state index contributed by atoms with van der Waals surface area (Å²) in [6.45, 7) is -0.412. The standard InChI is InChI=1S/C31H25F3N4O5S2/c1-36(2)18-11-7-16(8-12-18)23-24-25(28(42)38(27(24)41)21-6-4-3-5-20(21)31(32,33)34)44-29-26(23)45-30(43)37(29)15-22(40)35-17-9-13-19(39)14-10-17/h3-14,23-25,39H,15H2,1-2H3,(H,35,40)/t23-,24-,25+/m0/s1. The number of halogens is 3. The molecule has 3 heterocycles. The number of phenols is 1. The van der Waals surface area contributed by atoms with Crippen molar-refractivity contribution < 1.29 is 32.7 Å². The first-order valence-electron chi connectivity index (χ1n) is 13.7. The van der Waals surface area contributed by atoms with Crippen LogP contribution in [0.2, 0.25) is 0 Å². The molecule has 0 unspecified atom stereocenters. The smallest absolute Gasteiger partial charge is 0.418 e. The number of rotatable bonds is 6. The summed E-state index contributed by atoms with van der Waals surface area (Å²) in [5.74, 6) is -4.09. The van der Waals surface area contributed by atoms with E-state index >= 15 is 0 Å². The number of anilines is 3. The number of aromatic hydroxyl groups is 1. The molecule has 3 atom stereocenters. The van der Waals surface area contributed by atoms with Crippen molar-refractivity contribution in [1.82, 2.24) is 4.57 Å². The maximum Gasteiger partial charge on any atom is 0.418 e. The number of nitrogens with one attached hydrogen (secondary N) is 1. The summed E-state index contributed by atoms with van der Waals surface area (Å²) >= 11 is 1.75. The van der Waals surface area contributed by atoms with Gasteiger partial charge in [0.1, 0.15) is 17.5 Å². The van der Waals surface area contributed by atoms with Crippen molar-refractivity contribution in [1.29, 1.82) is 0 Å². The van der Waals surface area contributed by atoms with Gasteiger partial charge < -0.3 is 15.3 Å². The summed E-state index contributed by atoms with van der Waals surface area (Å²) in [6.07, 6.45) is -4.82. The van der Waals surface area contributed by atoms with Gasteiger partial charge in [-0.25, -0.2) is 4.90 Å². The Labute approximate surface area is 262 Å². The van der Waals surface area contributed by atoms with E-state index in [2.05, 4.69) is 5.32 Å². The van der Waals surface area contributed by atoms with Gasteiger partial charge in [-0.15, -0.1) is 0 Å². The Balaban J connectivity index is 1.43. The summed E-state index contributed by atoms with van der Waals surface area (Å²) in [5, 5.41) is 11.3. The molecule has 1 fully saturated rings. The van der Waals surface area contributed by atoms with Crippen LogP contribution < -0.4 is 20.0 Å². The van der Waals surface area contributed by atoms with Crippen molar-refractivity contribution >= 4 is 57.9 Å².